The van der Waals surface area contributed by atoms with Gasteiger partial charge in [0.15, 0.2) is 0 Å². The summed E-state index contributed by atoms with van der Waals surface area (Å²) in [6, 6.07) is 6.17. The zero-order valence-corrected chi connectivity index (χ0v) is 14.3. The number of ether oxygens (including phenoxy) is 1. The largest absolute Gasteiger partial charge is 0.487 e. The maximum atomic E-state index is 5.81. The molecule has 2 aromatic heterocycles. The van der Waals surface area contributed by atoms with Crippen LogP contribution in [0.3, 0.4) is 0 Å². The fourth-order valence-electron chi connectivity index (χ4n) is 1.87. The second-order valence-electron chi connectivity index (χ2n) is 6.32. The van der Waals surface area contributed by atoms with E-state index >= 15 is 0 Å². The first-order valence-corrected chi connectivity index (χ1v) is 8.04. The molecule has 114 valence electrons. The molecule has 0 radical (unpaired) electrons. The van der Waals surface area contributed by atoms with Crippen LogP contribution in [-0.4, -0.2) is 10.5 Å². The highest BCUT2D eigenvalue weighted by molar-refractivity contribution is 7.12. The van der Waals surface area contributed by atoms with Crippen LogP contribution < -0.4 is 10.1 Å². The molecule has 0 saturated carbocycles. The van der Waals surface area contributed by atoms with Crippen LogP contribution in [0.15, 0.2) is 24.4 Å². The summed E-state index contributed by atoms with van der Waals surface area (Å²) in [5.41, 5.74) is 2.40. The van der Waals surface area contributed by atoms with Crippen LogP contribution in [0.2, 0.25) is 0 Å². The molecule has 2 heterocycles. The van der Waals surface area contributed by atoms with Crippen LogP contribution >= 0.6 is 11.3 Å². The number of hydrogen-bond acceptors (Lipinski definition) is 4. The van der Waals surface area contributed by atoms with Gasteiger partial charge in [-0.1, -0.05) is 0 Å². The zero-order chi connectivity index (χ0) is 15.5. The number of hydrogen-bond donors (Lipinski definition) is 1. The molecule has 4 heteroatoms. The molecular weight excluding hydrogens is 280 g/mol. The second kappa shape index (κ2) is 6.58. The van der Waals surface area contributed by atoms with Crippen molar-refractivity contribution in [1.29, 1.82) is 0 Å². The van der Waals surface area contributed by atoms with Gasteiger partial charge in [0.2, 0.25) is 0 Å². The Labute approximate surface area is 131 Å². The molecule has 1 N–H and O–H groups in total. The Hall–Kier alpha value is -1.39. The van der Waals surface area contributed by atoms with Gasteiger partial charge in [0.05, 0.1) is 6.20 Å². The molecule has 0 aromatic carbocycles. The summed E-state index contributed by atoms with van der Waals surface area (Å²) in [6.45, 7) is 12.2. The van der Waals surface area contributed by atoms with Crippen molar-refractivity contribution in [1.82, 2.24) is 10.3 Å². The summed E-state index contributed by atoms with van der Waals surface area (Å²) >= 11 is 1.83. The quantitative estimate of drug-likeness (QED) is 0.897. The van der Waals surface area contributed by atoms with Crippen molar-refractivity contribution in [2.24, 2.45) is 0 Å². The summed E-state index contributed by atoms with van der Waals surface area (Å²) in [5.74, 6) is 0.820. The van der Waals surface area contributed by atoms with Gasteiger partial charge in [0.25, 0.3) is 0 Å². The number of pyridine rings is 1. The molecule has 0 aliphatic rings. The normalized spacial score (nSPS) is 11.7. The van der Waals surface area contributed by atoms with E-state index in [-0.39, 0.29) is 5.54 Å². The van der Waals surface area contributed by atoms with Crippen molar-refractivity contribution in [3.63, 3.8) is 0 Å². The molecule has 0 saturated heterocycles. The average Bonchev–Trinajstić information content (AvgIpc) is 2.76. The fraction of sp³-hybridized carbons (Fsp3) is 0.471. The lowest BCUT2D eigenvalue weighted by molar-refractivity contribution is 0.304. The summed E-state index contributed by atoms with van der Waals surface area (Å²) in [5, 5.41) is 3.52. The minimum atomic E-state index is 0.141. The third-order valence-electron chi connectivity index (χ3n) is 3.14. The van der Waals surface area contributed by atoms with E-state index in [4.69, 9.17) is 4.74 Å². The Balaban J connectivity index is 1.94. The van der Waals surface area contributed by atoms with E-state index in [1.807, 2.05) is 30.4 Å². The maximum absolute atomic E-state index is 5.81. The molecule has 21 heavy (non-hydrogen) atoms. The van der Waals surface area contributed by atoms with E-state index < -0.39 is 0 Å². The molecule has 0 fully saturated rings. The summed E-state index contributed by atoms with van der Waals surface area (Å²) < 4.78 is 5.81. The van der Waals surface area contributed by atoms with E-state index in [0.29, 0.717) is 6.61 Å². The maximum Gasteiger partial charge on any atom is 0.138 e. The van der Waals surface area contributed by atoms with Crippen LogP contribution in [-0.2, 0) is 13.2 Å². The van der Waals surface area contributed by atoms with Crippen LogP contribution in [0, 0.1) is 13.8 Å². The minimum absolute atomic E-state index is 0.141. The Kier molecular flexibility index (Phi) is 5.01. The topological polar surface area (TPSA) is 34.1 Å². The fourth-order valence-corrected chi connectivity index (χ4v) is 2.86. The van der Waals surface area contributed by atoms with E-state index in [1.54, 1.807) is 6.20 Å². The van der Waals surface area contributed by atoms with Gasteiger partial charge in [-0.15, -0.1) is 11.3 Å². The molecule has 2 rings (SSSR count). The van der Waals surface area contributed by atoms with Gasteiger partial charge in [-0.2, -0.15) is 0 Å². The molecule has 2 aromatic rings. The van der Waals surface area contributed by atoms with Crippen LogP contribution in [0.1, 0.15) is 41.8 Å². The third kappa shape index (κ3) is 5.14. The SMILES string of the molecule is Cc1ccc(OCc2cc(CNC(C)(C)C)sc2C)cn1. The number of thiophene rings is 1. The standard InChI is InChI=1S/C17H24N2OS/c1-12-6-7-15(9-18-12)20-11-14-8-16(21-13(14)2)10-19-17(3,4)5/h6-9,19H,10-11H2,1-5H3. The highest BCUT2D eigenvalue weighted by Crippen LogP contribution is 2.23. The van der Waals surface area contributed by atoms with Gasteiger partial charge in [-0.25, -0.2) is 0 Å². The van der Waals surface area contributed by atoms with Gasteiger partial charge >= 0.3 is 0 Å². The van der Waals surface area contributed by atoms with E-state index in [0.717, 1.165) is 18.0 Å². The van der Waals surface area contributed by atoms with E-state index in [1.165, 1.54) is 15.3 Å². The van der Waals surface area contributed by atoms with Crippen molar-refractivity contribution >= 4 is 11.3 Å². The molecule has 0 spiro atoms. The van der Waals surface area contributed by atoms with Crippen molar-refractivity contribution in [3.05, 3.63) is 45.4 Å². The smallest absolute Gasteiger partial charge is 0.138 e. The van der Waals surface area contributed by atoms with Crippen LogP contribution in [0.25, 0.3) is 0 Å². The monoisotopic (exact) mass is 304 g/mol. The molecule has 3 nitrogen and oxygen atoms in total. The summed E-state index contributed by atoms with van der Waals surface area (Å²) in [4.78, 5) is 6.91. The first kappa shape index (κ1) is 16.0. The van der Waals surface area contributed by atoms with Crippen molar-refractivity contribution < 1.29 is 4.74 Å². The molecule has 0 aliphatic heterocycles. The van der Waals surface area contributed by atoms with Crippen LogP contribution in [0.4, 0.5) is 0 Å². The average molecular weight is 304 g/mol. The zero-order valence-electron chi connectivity index (χ0n) is 13.5. The number of nitrogens with zero attached hydrogens (tertiary/aromatic N) is 1. The lowest BCUT2D eigenvalue weighted by atomic mass is 10.1. The number of aromatic nitrogens is 1. The molecule has 0 atom stereocenters. The summed E-state index contributed by atoms with van der Waals surface area (Å²) in [6.07, 6.45) is 1.78. The lowest BCUT2D eigenvalue weighted by Gasteiger charge is -2.19. The minimum Gasteiger partial charge on any atom is -0.487 e. The van der Waals surface area contributed by atoms with Gasteiger partial charge < -0.3 is 10.1 Å². The highest BCUT2D eigenvalue weighted by Gasteiger charge is 2.11. The Morgan fingerprint density at radius 1 is 1.24 bits per heavy atom. The number of aryl methyl sites for hydroxylation is 2. The van der Waals surface area contributed by atoms with Crippen molar-refractivity contribution in [3.8, 4) is 5.75 Å². The predicted molar refractivity (Wildman–Crippen MR) is 89.0 cm³/mol. The van der Waals surface area contributed by atoms with Gasteiger partial charge in [-0.05, 0) is 52.8 Å². The molecular formula is C17H24N2OS. The number of nitrogens with one attached hydrogen (secondary N) is 1. The van der Waals surface area contributed by atoms with E-state index in [2.05, 4.69) is 44.1 Å². The first-order chi connectivity index (χ1) is 9.83. The summed E-state index contributed by atoms with van der Waals surface area (Å²) in [7, 11) is 0. The lowest BCUT2D eigenvalue weighted by Crippen LogP contribution is -2.34. The Morgan fingerprint density at radius 2 is 2.00 bits per heavy atom. The van der Waals surface area contributed by atoms with Crippen LogP contribution in [0.5, 0.6) is 5.75 Å². The van der Waals surface area contributed by atoms with Gasteiger partial charge in [0.1, 0.15) is 12.4 Å². The highest BCUT2D eigenvalue weighted by atomic mass is 32.1. The van der Waals surface area contributed by atoms with Gasteiger partial charge in [-0.3, -0.25) is 4.98 Å². The predicted octanol–water partition coefficient (Wildman–Crippen LogP) is 4.23. The Bertz CT molecular complexity index is 582. The van der Waals surface area contributed by atoms with E-state index in [9.17, 15) is 0 Å². The van der Waals surface area contributed by atoms with Crippen molar-refractivity contribution in [2.45, 2.75) is 53.3 Å². The second-order valence-corrected chi connectivity index (χ2v) is 7.66. The molecule has 0 bridgehead atoms. The molecule has 0 amide bonds. The molecule has 0 aliphatic carbocycles. The number of rotatable bonds is 5. The third-order valence-corrected chi connectivity index (χ3v) is 4.24. The Morgan fingerprint density at radius 3 is 2.62 bits per heavy atom. The first-order valence-electron chi connectivity index (χ1n) is 7.22. The van der Waals surface area contributed by atoms with Gasteiger partial charge in [0, 0.05) is 33.1 Å². The molecule has 0 unspecified atom stereocenters. The van der Waals surface area contributed by atoms with Crippen molar-refractivity contribution in [2.75, 3.05) is 0 Å².